The van der Waals surface area contributed by atoms with Gasteiger partial charge in [0.05, 0.1) is 0 Å². The molecule has 0 aliphatic heterocycles. The molecule has 1 aromatic carbocycles. The lowest BCUT2D eigenvalue weighted by Gasteiger charge is -2.13. The standard InChI is InChI=1S/C18H19NO4/c1-12-9-17(23-8-7-22-14(3)21)19-13(2)18(12)16-6-4-5-15(10-16)11-20/h4-6,9-11H,7-8H2,1-3H3. The van der Waals surface area contributed by atoms with Crippen molar-refractivity contribution >= 4 is 12.3 Å². The van der Waals surface area contributed by atoms with Crippen molar-refractivity contribution in [3.63, 3.8) is 0 Å². The van der Waals surface area contributed by atoms with Crippen LogP contribution in [0.3, 0.4) is 0 Å². The highest BCUT2D eigenvalue weighted by atomic mass is 16.6. The van der Waals surface area contributed by atoms with Gasteiger partial charge in [-0.05, 0) is 31.0 Å². The summed E-state index contributed by atoms with van der Waals surface area (Å²) in [6.07, 6.45) is 0.827. The molecule has 0 fully saturated rings. The topological polar surface area (TPSA) is 65.5 Å². The number of carbonyl (C=O) groups excluding carboxylic acids is 2. The summed E-state index contributed by atoms with van der Waals surface area (Å²) in [5.41, 5.74) is 4.38. The van der Waals surface area contributed by atoms with Crippen molar-refractivity contribution in [2.45, 2.75) is 20.8 Å². The Bertz CT molecular complexity index is 702. The predicted octanol–water partition coefficient (Wildman–Crippen LogP) is 3.12. The molecule has 5 heteroatoms. The minimum Gasteiger partial charge on any atom is -0.474 e. The van der Waals surface area contributed by atoms with Gasteiger partial charge in [0.1, 0.15) is 19.5 Å². The number of esters is 1. The van der Waals surface area contributed by atoms with Gasteiger partial charge in [0.2, 0.25) is 5.88 Å². The molecule has 1 heterocycles. The smallest absolute Gasteiger partial charge is 0.302 e. The normalized spacial score (nSPS) is 10.2. The van der Waals surface area contributed by atoms with Crippen LogP contribution in [-0.2, 0) is 9.53 Å². The van der Waals surface area contributed by atoms with Crippen LogP contribution in [0.25, 0.3) is 11.1 Å². The Hall–Kier alpha value is -2.69. The Morgan fingerprint density at radius 1 is 1.22 bits per heavy atom. The van der Waals surface area contributed by atoms with Gasteiger partial charge in [0.15, 0.2) is 0 Å². The first-order valence-electron chi connectivity index (χ1n) is 7.31. The van der Waals surface area contributed by atoms with E-state index in [1.807, 2.05) is 38.1 Å². The van der Waals surface area contributed by atoms with Gasteiger partial charge in [-0.25, -0.2) is 4.98 Å². The molecule has 2 rings (SSSR count). The van der Waals surface area contributed by atoms with Crippen LogP contribution in [0, 0.1) is 13.8 Å². The number of benzene rings is 1. The van der Waals surface area contributed by atoms with Crippen LogP contribution in [0.15, 0.2) is 30.3 Å². The van der Waals surface area contributed by atoms with Crippen LogP contribution in [0.1, 0.15) is 28.5 Å². The van der Waals surface area contributed by atoms with E-state index in [1.165, 1.54) is 6.92 Å². The van der Waals surface area contributed by atoms with Gasteiger partial charge in [0, 0.05) is 29.8 Å². The van der Waals surface area contributed by atoms with Crippen LogP contribution >= 0.6 is 0 Å². The van der Waals surface area contributed by atoms with Gasteiger partial charge in [0.25, 0.3) is 0 Å². The van der Waals surface area contributed by atoms with Gasteiger partial charge in [-0.15, -0.1) is 0 Å². The zero-order valence-electron chi connectivity index (χ0n) is 13.5. The highest BCUT2D eigenvalue weighted by molar-refractivity contribution is 5.80. The van der Waals surface area contributed by atoms with E-state index in [-0.39, 0.29) is 19.2 Å². The van der Waals surface area contributed by atoms with Crippen LogP contribution in [0.2, 0.25) is 0 Å². The molecule has 5 nitrogen and oxygen atoms in total. The van der Waals surface area contributed by atoms with E-state index in [4.69, 9.17) is 9.47 Å². The van der Waals surface area contributed by atoms with Crippen LogP contribution in [-0.4, -0.2) is 30.5 Å². The number of hydrogen-bond donors (Lipinski definition) is 0. The van der Waals surface area contributed by atoms with E-state index in [0.29, 0.717) is 11.4 Å². The van der Waals surface area contributed by atoms with E-state index in [0.717, 1.165) is 28.7 Å². The molecule has 0 aliphatic rings. The quantitative estimate of drug-likeness (QED) is 0.466. The number of aromatic nitrogens is 1. The molecule has 0 saturated heterocycles. The number of rotatable bonds is 6. The second-order valence-corrected chi connectivity index (χ2v) is 5.17. The molecule has 120 valence electrons. The largest absolute Gasteiger partial charge is 0.474 e. The molecular formula is C18H19NO4. The van der Waals surface area contributed by atoms with Gasteiger partial charge >= 0.3 is 5.97 Å². The summed E-state index contributed by atoms with van der Waals surface area (Å²) in [5, 5.41) is 0. The second-order valence-electron chi connectivity index (χ2n) is 5.17. The average molecular weight is 313 g/mol. The predicted molar refractivity (Wildman–Crippen MR) is 86.7 cm³/mol. The van der Waals surface area contributed by atoms with E-state index in [2.05, 4.69) is 4.98 Å². The third-order valence-corrected chi connectivity index (χ3v) is 3.32. The van der Waals surface area contributed by atoms with Crippen molar-refractivity contribution in [2.24, 2.45) is 0 Å². The van der Waals surface area contributed by atoms with Crippen molar-refractivity contribution < 1.29 is 19.1 Å². The molecule has 0 unspecified atom stereocenters. The second kappa shape index (κ2) is 7.54. The van der Waals surface area contributed by atoms with Crippen LogP contribution in [0.4, 0.5) is 0 Å². The number of carbonyl (C=O) groups is 2. The van der Waals surface area contributed by atoms with E-state index < -0.39 is 0 Å². The molecule has 0 amide bonds. The summed E-state index contributed by atoms with van der Waals surface area (Å²) < 4.78 is 10.3. The monoisotopic (exact) mass is 313 g/mol. The first-order valence-corrected chi connectivity index (χ1v) is 7.31. The molecule has 0 bridgehead atoms. The van der Waals surface area contributed by atoms with Crippen molar-refractivity contribution in [3.05, 3.63) is 47.2 Å². The van der Waals surface area contributed by atoms with Gasteiger partial charge < -0.3 is 9.47 Å². The molecule has 0 N–H and O–H groups in total. The van der Waals surface area contributed by atoms with Crippen molar-refractivity contribution in [1.29, 1.82) is 0 Å². The third kappa shape index (κ3) is 4.39. The molecule has 0 radical (unpaired) electrons. The molecule has 0 spiro atoms. The fourth-order valence-corrected chi connectivity index (χ4v) is 2.41. The fourth-order valence-electron chi connectivity index (χ4n) is 2.41. The summed E-state index contributed by atoms with van der Waals surface area (Å²) in [7, 11) is 0. The molecule has 0 saturated carbocycles. The Morgan fingerprint density at radius 3 is 2.65 bits per heavy atom. The fraction of sp³-hybridized carbons (Fsp3) is 0.278. The Morgan fingerprint density at radius 2 is 2.00 bits per heavy atom. The van der Waals surface area contributed by atoms with Crippen molar-refractivity contribution in [1.82, 2.24) is 4.98 Å². The minimum atomic E-state index is -0.334. The lowest BCUT2D eigenvalue weighted by molar-refractivity contribution is -0.141. The third-order valence-electron chi connectivity index (χ3n) is 3.32. The Labute approximate surface area is 135 Å². The zero-order chi connectivity index (χ0) is 16.8. The maximum Gasteiger partial charge on any atom is 0.302 e. The van der Waals surface area contributed by atoms with Crippen molar-refractivity contribution in [3.8, 4) is 17.0 Å². The number of aryl methyl sites for hydroxylation is 2. The number of pyridine rings is 1. The number of nitrogens with zero attached hydrogens (tertiary/aromatic N) is 1. The number of ether oxygens (including phenoxy) is 2. The van der Waals surface area contributed by atoms with E-state index in [9.17, 15) is 9.59 Å². The maximum atomic E-state index is 10.9. The summed E-state index contributed by atoms with van der Waals surface area (Å²) >= 11 is 0. The number of hydrogen-bond acceptors (Lipinski definition) is 5. The summed E-state index contributed by atoms with van der Waals surface area (Å²) in [6.45, 7) is 5.67. The molecule has 0 atom stereocenters. The average Bonchev–Trinajstić information content (AvgIpc) is 2.51. The Kier molecular flexibility index (Phi) is 5.46. The summed E-state index contributed by atoms with van der Waals surface area (Å²) in [6, 6.07) is 9.24. The molecule has 0 aliphatic carbocycles. The lowest BCUT2D eigenvalue weighted by Crippen LogP contribution is -2.10. The molecule has 2 aromatic rings. The first-order chi connectivity index (χ1) is 11.0. The van der Waals surface area contributed by atoms with Gasteiger partial charge in [-0.2, -0.15) is 0 Å². The molecule has 23 heavy (non-hydrogen) atoms. The van der Waals surface area contributed by atoms with Crippen molar-refractivity contribution in [2.75, 3.05) is 13.2 Å². The summed E-state index contributed by atoms with van der Waals surface area (Å²) in [5.74, 6) is 0.154. The Balaban J connectivity index is 2.19. The first kappa shape index (κ1) is 16.7. The van der Waals surface area contributed by atoms with E-state index >= 15 is 0 Å². The highest BCUT2D eigenvalue weighted by Gasteiger charge is 2.10. The zero-order valence-corrected chi connectivity index (χ0v) is 13.5. The maximum absolute atomic E-state index is 10.9. The molecular weight excluding hydrogens is 294 g/mol. The van der Waals surface area contributed by atoms with Crippen LogP contribution < -0.4 is 4.74 Å². The van der Waals surface area contributed by atoms with Gasteiger partial charge in [-0.3, -0.25) is 9.59 Å². The van der Waals surface area contributed by atoms with Crippen LogP contribution in [0.5, 0.6) is 5.88 Å². The summed E-state index contributed by atoms with van der Waals surface area (Å²) in [4.78, 5) is 26.1. The van der Waals surface area contributed by atoms with E-state index in [1.54, 1.807) is 6.07 Å². The molecule has 1 aromatic heterocycles. The lowest BCUT2D eigenvalue weighted by atomic mass is 9.98. The van der Waals surface area contributed by atoms with Gasteiger partial charge in [-0.1, -0.05) is 18.2 Å². The number of aldehydes is 1. The SMILES string of the molecule is CC(=O)OCCOc1cc(C)c(-c2cccc(C=O)c2)c(C)n1. The minimum absolute atomic E-state index is 0.193. The highest BCUT2D eigenvalue weighted by Crippen LogP contribution is 2.29.